The van der Waals surface area contributed by atoms with Gasteiger partial charge in [-0.2, -0.15) is 0 Å². The summed E-state index contributed by atoms with van der Waals surface area (Å²) in [6.07, 6.45) is 2.14. The molecule has 20 heavy (non-hydrogen) atoms. The Hall–Kier alpha value is -1.55. The van der Waals surface area contributed by atoms with Gasteiger partial charge in [-0.1, -0.05) is 6.07 Å². The Morgan fingerprint density at radius 3 is 2.40 bits per heavy atom. The van der Waals surface area contributed by atoms with Gasteiger partial charge >= 0.3 is 0 Å². The summed E-state index contributed by atoms with van der Waals surface area (Å²) >= 11 is 0. The van der Waals surface area contributed by atoms with Gasteiger partial charge in [0.25, 0.3) is 0 Å². The highest BCUT2D eigenvalue weighted by Gasteiger charge is 2.26. The molecule has 1 saturated heterocycles. The average Bonchev–Trinajstić information content (AvgIpc) is 2.42. The molecule has 0 bridgehead atoms. The van der Waals surface area contributed by atoms with Crippen LogP contribution in [0.5, 0.6) is 0 Å². The van der Waals surface area contributed by atoms with Crippen molar-refractivity contribution in [3.8, 4) is 0 Å². The van der Waals surface area contributed by atoms with Crippen molar-refractivity contribution in [1.82, 2.24) is 4.90 Å². The van der Waals surface area contributed by atoms with E-state index in [0.717, 1.165) is 37.2 Å². The normalized spacial score (nSPS) is 18.9. The Labute approximate surface area is 121 Å². The van der Waals surface area contributed by atoms with Crippen molar-refractivity contribution in [2.45, 2.75) is 45.6 Å². The molecule has 110 valence electrons. The first kappa shape index (κ1) is 14.9. The van der Waals surface area contributed by atoms with Gasteiger partial charge in [0.1, 0.15) is 0 Å². The maximum atomic E-state index is 11.3. The van der Waals surface area contributed by atoms with Crippen molar-refractivity contribution < 1.29 is 4.79 Å². The first-order valence-electron chi connectivity index (χ1n) is 7.30. The monoisotopic (exact) mass is 275 g/mol. The number of amides is 1. The molecule has 4 N–H and O–H groups in total. The van der Waals surface area contributed by atoms with Gasteiger partial charge in [-0.25, -0.2) is 0 Å². The van der Waals surface area contributed by atoms with E-state index in [9.17, 15) is 4.79 Å². The molecular formula is C16H25N3O. The molecule has 1 amide bonds. The fourth-order valence-corrected chi connectivity index (χ4v) is 3.08. The molecule has 1 atom stereocenters. The molecule has 0 saturated carbocycles. The van der Waals surface area contributed by atoms with Gasteiger partial charge in [0.05, 0.1) is 6.04 Å². The number of likely N-dealkylation sites (tertiary alicyclic amines) is 1. The number of carbonyl (C=O) groups is 1. The van der Waals surface area contributed by atoms with Crippen molar-refractivity contribution in [1.29, 1.82) is 0 Å². The van der Waals surface area contributed by atoms with E-state index in [0.29, 0.717) is 5.92 Å². The topological polar surface area (TPSA) is 72.3 Å². The number of rotatable bonds is 3. The molecule has 1 aromatic carbocycles. The lowest BCUT2D eigenvalue weighted by Gasteiger charge is -2.35. The van der Waals surface area contributed by atoms with E-state index < -0.39 is 0 Å². The van der Waals surface area contributed by atoms with Gasteiger partial charge in [-0.05, 0) is 75.4 Å². The van der Waals surface area contributed by atoms with Crippen molar-refractivity contribution in [3.63, 3.8) is 0 Å². The zero-order chi connectivity index (χ0) is 14.9. The number of nitrogen functional groups attached to an aromatic ring is 1. The lowest BCUT2D eigenvalue weighted by Crippen LogP contribution is -2.46. The molecule has 0 aliphatic carbocycles. The molecule has 1 fully saturated rings. The second kappa shape index (κ2) is 5.83. The van der Waals surface area contributed by atoms with Crippen LogP contribution >= 0.6 is 0 Å². The summed E-state index contributed by atoms with van der Waals surface area (Å²) in [5.74, 6) is 0.327. The molecule has 0 radical (unpaired) electrons. The second-order valence-electron chi connectivity index (χ2n) is 5.95. The number of primary amides is 1. The van der Waals surface area contributed by atoms with Crippen LogP contribution in [0.1, 0.15) is 42.4 Å². The summed E-state index contributed by atoms with van der Waals surface area (Å²) < 4.78 is 0. The van der Waals surface area contributed by atoms with E-state index in [1.807, 2.05) is 6.92 Å². The Morgan fingerprint density at radius 1 is 1.25 bits per heavy atom. The van der Waals surface area contributed by atoms with Crippen molar-refractivity contribution in [2.24, 2.45) is 5.73 Å². The third-order valence-corrected chi connectivity index (χ3v) is 4.58. The molecule has 4 nitrogen and oxygen atoms in total. The molecule has 0 aromatic heterocycles. The van der Waals surface area contributed by atoms with E-state index in [1.54, 1.807) is 0 Å². The Kier molecular flexibility index (Phi) is 4.33. The van der Waals surface area contributed by atoms with Gasteiger partial charge in [0.15, 0.2) is 0 Å². The highest BCUT2D eigenvalue weighted by atomic mass is 16.1. The standard InChI is InChI=1S/C16H25N3O/c1-10-9-15(17)11(2)8-14(10)13-4-6-19(7-5-13)12(3)16(18)20/h8-9,12-13H,4-7,17H2,1-3H3,(H2,18,20)/t12-/m0/s1. The van der Waals surface area contributed by atoms with E-state index in [-0.39, 0.29) is 11.9 Å². The summed E-state index contributed by atoms with van der Waals surface area (Å²) in [6.45, 7) is 7.93. The first-order valence-corrected chi connectivity index (χ1v) is 7.30. The summed E-state index contributed by atoms with van der Waals surface area (Å²) in [5.41, 5.74) is 16.0. The van der Waals surface area contributed by atoms with Gasteiger partial charge in [0.2, 0.25) is 5.91 Å². The molecule has 0 spiro atoms. The molecule has 1 aromatic rings. The van der Waals surface area contributed by atoms with Crippen LogP contribution in [-0.2, 0) is 4.79 Å². The summed E-state index contributed by atoms with van der Waals surface area (Å²) in [4.78, 5) is 13.4. The minimum Gasteiger partial charge on any atom is -0.399 e. The molecule has 1 heterocycles. The maximum absolute atomic E-state index is 11.3. The fourth-order valence-electron chi connectivity index (χ4n) is 3.08. The number of hydrogen-bond donors (Lipinski definition) is 2. The zero-order valence-corrected chi connectivity index (χ0v) is 12.6. The minimum atomic E-state index is -0.233. The Morgan fingerprint density at radius 2 is 1.85 bits per heavy atom. The number of carbonyl (C=O) groups excluding carboxylic acids is 1. The number of anilines is 1. The van der Waals surface area contributed by atoms with Gasteiger partial charge in [-0.3, -0.25) is 9.69 Å². The smallest absolute Gasteiger partial charge is 0.234 e. The number of piperidine rings is 1. The molecular weight excluding hydrogens is 250 g/mol. The Bertz CT molecular complexity index is 505. The highest BCUT2D eigenvalue weighted by molar-refractivity contribution is 5.79. The second-order valence-corrected chi connectivity index (χ2v) is 5.95. The predicted octanol–water partition coefficient (Wildman–Crippen LogP) is 1.94. The van der Waals surface area contributed by atoms with Crippen LogP contribution in [0.4, 0.5) is 5.69 Å². The van der Waals surface area contributed by atoms with E-state index >= 15 is 0 Å². The van der Waals surface area contributed by atoms with E-state index in [4.69, 9.17) is 11.5 Å². The number of aryl methyl sites for hydroxylation is 2. The lowest BCUT2D eigenvalue weighted by atomic mass is 9.85. The quantitative estimate of drug-likeness (QED) is 0.828. The zero-order valence-electron chi connectivity index (χ0n) is 12.6. The maximum Gasteiger partial charge on any atom is 0.234 e. The summed E-state index contributed by atoms with van der Waals surface area (Å²) in [7, 11) is 0. The predicted molar refractivity (Wildman–Crippen MR) is 82.5 cm³/mol. The van der Waals surface area contributed by atoms with Crippen LogP contribution in [0, 0.1) is 13.8 Å². The molecule has 1 aliphatic heterocycles. The lowest BCUT2D eigenvalue weighted by molar-refractivity contribution is -0.123. The van der Waals surface area contributed by atoms with Crippen LogP contribution in [0.15, 0.2) is 12.1 Å². The summed E-state index contributed by atoms with van der Waals surface area (Å²) in [5, 5.41) is 0. The van der Waals surface area contributed by atoms with E-state index in [1.165, 1.54) is 11.1 Å². The fraction of sp³-hybridized carbons (Fsp3) is 0.562. The van der Waals surface area contributed by atoms with Crippen LogP contribution in [0.25, 0.3) is 0 Å². The van der Waals surface area contributed by atoms with E-state index in [2.05, 4.69) is 30.9 Å². The largest absolute Gasteiger partial charge is 0.399 e. The van der Waals surface area contributed by atoms with Crippen molar-refractivity contribution in [3.05, 3.63) is 28.8 Å². The minimum absolute atomic E-state index is 0.162. The SMILES string of the molecule is Cc1cc(C2CCN([C@@H](C)C(N)=O)CC2)c(C)cc1N. The van der Waals surface area contributed by atoms with Crippen LogP contribution in [0.2, 0.25) is 0 Å². The summed E-state index contributed by atoms with van der Waals surface area (Å²) in [6, 6.07) is 4.14. The Balaban J connectivity index is 2.08. The van der Waals surface area contributed by atoms with Gasteiger partial charge in [-0.15, -0.1) is 0 Å². The molecule has 0 unspecified atom stereocenters. The van der Waals surface area contributed by atoms with Gasteiger partial charge < -0.3 is 11.5 Å². The first-order chi connectivity index (χ1) is 9.40. The number of nitrogens with two attached hydrogens (primary N) is 2. The van der Waals surface area contributed by atoms with Crippen molar-refractivity contribution >= 4 is 11.6 Å². The molecule has 2 rings (SSSR count). The average molecular weight is 275 g/mol. The number of hydrogen-bond acceptors (Lipinski definition) is 3. The number of benzene rings is 1. The van der Waals surface area contributed by atoms with Gasteiger partial charge in [0, 0.05) is 5.69 Å². The van der Waals surface area contributed by atoms with Crippen molar-refractivity contribution in [2.75, 3.05) is 18.8 Å². The van der Waals surface area contributed by atoms with Crippen LogP contribution in [0.3, 0.4) is 0 Å². The van der Waals surface area contributed by atoms with Crippen LogP contribution < -0.4 is 11.5 Å². The third kappa shape index (κ3) is 2.96. The number of nitrogens with zero attached hydrogens (tertiary/aromatic N) is 1. The third-order valence-electron chi connectivity index (χ3n) is 4.58. The van der Waals surface area contributed by atoms with Crippen LogP contribution in [-0.4, -0.2) is 29.9 Å². The highest BCUT2D eigenvalue weighted by Crippen LogP contribution is 2.32. The molecule has 4 heteroatoms. The molecule has 1 aliphatic rings.